The second-order valence-corrected chi connectivity index (χ2v) is 5.27. The lowest BCUT2D eigenvalue weighted by Gasteiger charge is -2.17. The van der Waals surface area contributed by atoms with Gasteiger partial charge < -0.3 is 4.74 Å². The number of methoxy groups -OCH3 is 1. The lowest BCUT2D eigenvalue weighted by molar-refractivity contribution is 0.413. The number of hydrazine groups is 1. The van der Waals surface area contributed by atoms with Gasteiger partial charge in [0.1, 0.15) is 11.6 Å². The van der Waals surface area contributed by atoms with Gasteiger partial charge in [0.2, 0.25) is 0 Å². The second-order valence-electron chi connectivity index (χ2n) is 4.86. The molecule has 0 aromatic heterocycles. The fraction of sp³-hybridized carbons (Fsp3) is 0.250. The quantitative estimate of drug-likeness (QED) is 0.637. The fourth-order valence-corrected chi connectivity index (χ4v) is 2.47. The Morgan fingerprint density at radius 1 is 1.24 bits per heavy atom. The summed E-state index contributed by atoms with van der Waals surface area (Å²) in [5.74, 6) is 6.09. The Kier molecular flexibility index (Phi) is 5.56. The molecule has 0 fully saturated rings. The molecule has 2 aromatic rings. The molecule has 0 aliphatic rings. The van der Waals surface area contributed by atoms with Crippen molar-refractivity contribution in [3.63, 3.8) is 0 Å². The molecular formula is C16H18ClFN2O. The van der Waals surface area contributed by atoms with E-state index in [9.17, 15) is 4.39 Å². The first kappa shape index (κ1) is 15.8. The normalized spacial score (nSPS) is 12.2. The molecule has 1 unspecified atom stereocenters. The van der Waals surface area contributed by atoms with Crippen LogP contribution in [0.1, 0.15) is 11.1 Å². The van der Waals surface area contributed by atoms with E-state index in [2.05, 4.69) is 5.43 Å². The maximum Gasteiger partial charge on any atom is 0.124 e. The first-order chi connectivity index (χ1) is 10.1. The van der Waals surface area contributed by atoms with Crippen molar-refractivity contribution in [2.45, 2.75) is 18.9 Å². The Morgan fingerprint density at radius 3 is 2.71 bits per heavy atom. The summed E-state index contributed by atoms with van der Waals surface area (Å²) in [5.41, 5.74) is 4.76. The zero-order valence-corrected chi connectivity index (χ0v) is 12.5. The van der Waals surface area contributed by atoms with Crippen molar-refractivity contribution in [3.8, 4) is 5.75 Å². The van der Waals surface area contributed by atoms with Crippen LogP contribution in [0, 0.1) is 5.82 Å². The third kappa shape index (κ3) is 4.43. The van der Waals surface area contributed by atoms with Crippen molar-refractivity contribution in [1.82, 2.24) is 5.43 Å². The highest BCUT2D eigenvalue weighted by Crippen LogP contribution is 2.20. The lowest BCUT2D eigenvalue weighted by atomic mass is 9.99. The lowest BCUT2D eigenvalue weighted by Crippen LogP contribution is -2.38. The number of rotatable bonds is 6. The van der Waals surface area contributed by atoms with Crippen molar-refractivity contribution in [2.24, 2.45) is 5.84 Å². The molecule has 0 bridgehead atoms. The molecule has 1 atom stereocenters. The third-order valence-corrected chi connectivity index (χ3v) is 3.69. The van der Waals surface area contributed by atoms with Gasteiger partial charge in [0.15, 0.2) is 0 Å². The van der Waals surface area contributed by atoms with Gasteiger partial charge in [0.25, 0.3) is 0 Å². The van der Waals surface area contributed by atoms with E-state index in [4.69, 9.17) is 22.2 Å². The molecule has 112 valence electrons. The molecule has 2 rings (SSSR count). The fourth-order valence-electron chi connectivity index (χ4n) is 2.23. The summed E-state index contributed by atoms with van der Waals surface area (Å²) in [7, 11) is 1.63. The molecule has 0 radical (unpaired) electrons. The Morgan fingerprint density at radius 2 is 2.05 bits per heavy atom. The van der Waals surface area contributed by atoms with E-state index in [0.717, 1.165) is 23.3 Å². The molecule has 0 aliphatic carbocycles. The molecule has 0 amide bonds. The van der Waals surface area contributed by atoms with Gasteiger partial charge in [0, 0.05) is 11.1 Å². The number of halogens is 2. The number of ether oxygens (including phenoxy) is 1. The summed E-state index contributed by atoms with van der Waals surface area (Å²) in [4.78, 5) is 0. The average molecular weight is 309 g/mol. The minimum absolute atomic E-state index is 0.0000624. The van der Waals surface area contributed by atoms with Crippen LogP contribution in [0.5, 0.6) is 5.75 Å². The zero-order chi connectivity index (χ0) is 15.2. The Hall–Kier alpha value is -1.62. The van der Waals surface area contributed by atoms with E-state index >= 15 is 0 Å². The van der Waals surface area contributed by atoms with Gasteiger partial charge in [-0.25, -0.2) is 4.39 Å². The van der Waals surface area contributed by atoms with Gasteiger partial charge in [-0.3, -0.25) is 11.3 Å². The van der Waals surface area contributed by atoms with Gasteiger partial charge in [-0.15, -0.1) is 0 Å². The van der Waals surface area contributed by atoms with E-state index in [-0.39, 0.29) is 11.9 Å². The van der Waals surface area contributed by atoms with Gasteiger partial charge in [-0.2, -0.15) is 0 Å². The molecule has 2 aromatic carbocycles. The number of nitrogens with one attached hydrogen (secondary N) is 1. The van der Waals surface area contributed by atoms with Crippen LogP contribution in [0.4, 0.5) is 4.39 Å². The smallest absolute Gasteiger partial charge is 0.124 e. The minimum Gasteiger partial charge on any atom is -0.497 e. The topological polar surface area (TPSA) is 47.3 Å². The average Bonchev–Trinajstić information content (AvgIpc) is 2.49. The zero-order valence-electron chi connectivity index (χ0n) is 11.8. The molecule has 0 aliphatic heterocycles. The summed E-state index contributed by atoms with van der Waals surface area (Å²) in [6.07, 6.45) is 1.34. The molecular weight excluding hydrogens is 291 g/mol. The number of hydrogen-bond acceptors (Lipinski definition) is 3. The highest BCUT2D eigenvalue weighted by atomic mass is 35.5. The monoisotopic (exact) mass is 308 g/mol. The summed E-state index contributed by atoms with van der Waals surface area (Å²) < 4.78 is 18.3. The Labute approximate surface area is 128 Å². The molecule has 21 heavy (non-hydrogen) atoms. The molecule has 3 N–H and O–H groups in total. The standard InChI is InChI=1S/C16H18ClFN2O/c1-21-15-4-2-3-11(8-15)7-14(20-19)9-12-5-6-13(18)10-16(12)17/h2-6,8,10,14,20H,7,9,19H2,1H3. The number of nitrogens with two attached hydrogens (primary N) is 1. The highest BCUT2D eigenvalue weighted by Gasteiger charge is 2.12. The van der Waals surface area contributed by atoms with Crippen molar-refractivity contribution in [2.75, 3.05) is 7.11 Å². The molecule has 0 saturated carbocycles. The van der Waals surface area contributed by atoms with Crippen LogP contribution in [-0.4, -0.2) is 13.2 Å². The van der Waals surface area contributed by atoms with E-state index < -0.39 is 0 Å². The molecule has 0 heterocycles. The van der Waals surface area contributed by atoms with E-state index in [1.54, 1.807) is 13.2 Å². The van der Waals surface area contributed by atoms with E-state index in [0.29, 0.717) is 11.4 Å². The Balaban J connectivity index is 2.09. The van der Waals surface area contributed by atoms with Gasteiger partial charge in [-0.05, 0) is 48.2 Å². The second kappa shape index (κ2) is 7.41. The van der Waals surface area contributed by atoms with Gasteiger partial charge >= 0.3 is 0 Å². The first-order valence-electron chi connectivity index (χ1n) is 6.65. The third-order valence-electron chi connectivity index (χ3n) is 3.33. The van der Waals surface area contributed by atoms with Gasteiger partial charge in [-0.1, -0.05) is 29.8 Å². The summed E-state index contributed by atoms with van der Waals surface area (Å²) in [6, 6.07) is 12.2. The summed E-state index contributed by atoms with van der Waals surface area (Å²) >= 11 is 6.05. The van der Waals surface area contributed by atoms with Crippen molar-refractivity contribution >= 4 is 11.6 Å². The van der Waals surface area contributed by atoms with Crippen LogP contribution in [0.2, 0.25) is 5.02 Å². The van der Waals surface area contributed by atoms with Crippen LogP contribution >= 0.6 is 11.6 Å². The highest BCUT2D eigenvalue weighted by molar-refractivity contribution is 6.31. The maximum absolute atomic E-state index is 13.1. The largest absolute Gasteiger partial charge is 0.497 e. The first-order valence-corrected chi connectivity index (χ1v) is 7.03. The number of benzene rings is 2. The van der Waals surface area contributed by atoms with Gasteiger partial charge in [0.05, 0.1) is 7.11 Å². The maximum atomic E-state index is 13.1. The van der Waals surface area contributed by atoms with E-state index in [1.165, 1.54) is 12.1 Å². The van der Waals surface area contributed by atoms with Crippen LogP contribution < -0.4 is 16.0 Å². The van der Waals surface area contributed by atoms with Crippen LogP contribution in [0.3, 0.4) is 0 Å². The summed E-state index contributed by atoms with van der Waals surface area (Å²) in [5, 5.41) is 0.417. The van der Waals surface area contributed by atoms with Crippen molar-refractivity contribution < 1.29 is 9.13 Å². The van der Waals surface area contributed by atoms with Crippen LogP contribution in [-0.2, 0) is 12.8 Å². The molecule has 5 heteroatoms. The van der Waals surface area contributed by atoms with Crippen molar-refractivity contribution in [3.05, 3.63) is 64.4 Å². The summed E-state index contributed by atoms with van der Waals surface area (Å²) in [6.45, 7) is 0. The molecule has 0 spiro atoms. The molecule has 0 saturated heterocycles. The van der Waals surface area contributed by atoms with Crippen LogP contribution in [0.15, 0.2) is 42.5 Å². The van der Waals surface area contributed by atoms with Crippen LogP contribution in [0.25, 0.3) is 0 Å². The SMILES string of the molecule is COc1cccc(CC(Cc2ccc(F)cc2Cl)NN)c1. The van der Waals surface area contributed by atoms with Crippen molar-refractivity contribution in [1.29, 1.82) is 0 Å². The number of hydrogen-bond donors (Lipinski definition) is 2. The predicted octanol–water partition coefficient (Wildman–Crippen LogP) is 3.10. The molecule has 3 nitrogen and oxygen atoms in total. The Bertz CT molecular complexity index is 607. The predicted molar refractivity (Wildman–Crippen MR) is 82.9 cm³/mol. The minimum atomic E-state index is -0.339. The van der Waals surface area contributed by atoms with E-state index in [1.807, 2.05) is 24.3 Å².